The number of amides is 9. The zero-order valence-corrected chi connectivity index (χ0v) is 59.0. The number of hydrogen-bond donors (Lipinski definition) is 5. The summed E-state index contributed by atoms with van der Waals surface area (Å²) < 4.78 is 17.9. The number of methoxy groups -OCH3 is 2. The molecule has 2 aliphatic rings. The van der Waals surface area contributed by atoms with Crippen molar-refractivity contribution in [2.45, 2.75) is 202 Å². The molecule has 2 aromatic carbocycles. The molecule has 24 heteroatoms. The number of rotatable bonds is 42. The Morgan fingerprint density at radius 2 is 1.36 bits per heavy atom. The lowest BCUT2D eigenvalue weighted by molar-refractivity contribution is -0.149. The lowest BCUT2D eigenvalue weighted by Crippen LogP contribution is -2.54. The van der Waals surface area contributed by atoms with Crippen LogP contribution in [0.2, 0.25) is 0 Å². The molecule has 4 rings (SSSR count). The van der Waals surface area contributed by atoms with Crippen molar-refractivity contribution >= 4 is 76.6 Å². The van der Waals surface area contributed by atoms with E-state index in [4.69, 9.17) is 19.9 Å². The normalized spacial score (nSPS) is 17.4. The van der Waals surface area contributed by atoms with E-state index in [1.807, 2.05) is 27.7 Å². The van der Waals surface area contributed by atoms with Crippen molar-refractivity contribution in [1.29, 1.82) is 0 Å². The van der Waals surface area contributed by atoms with Crippen LogP contribution in [-0.4, -0.2) is 180 Å². The lowest BCUT2D eigenvalue weighted by Gasteiger charge is -2.41. The molecule has 1 fully saturated rings. The number of benzene rings is 2. The van der Waals surface area contributed by atoms with Gasteiger partial charge in [-0.05, 0) is 91.4 Å². The lowest BCUT2D eigenvalue weighted by atomic mass is 9.81. The number of urea groups is 1. The number of Topliss-reactive ketones (excluding diaryl/α,β-unsaturated/α-hetero) is 3. The number of unbranched alkanes of at least 4 members (excludes halogenated alkanes) is 2. The minimum atomic E-state index is -1.02. The number of nitrogens with two attached hydrogens (primary N) is 1. The molecule has 12 atom stereocenters. The molecule has 0 bridgehead atoms. The van der Waals surface area contributed by atoms with Crippen molar-refractivity contribution in [3.8, 4) is 0 Å². The van der Waals surface area contributed by atoms with Gasteiger partial charge in [0, 0.05) is 109 Å². The minimum absolute atomic E-state index is 0.00133. The highest BCUT2D eigenvalue weighted by molar-refractivity contribution is 6.12. The van der Waals surface area contributed by atoms with Crippen LogP contribution < -0.4 is 21.7 Å². The summed E-state index contributed by atoms with van der Waals surface area (Å²) in [5, 5.41) is 18.3. The van der Waals surface area contributed by atoms with Gasteiger partial charge in [0.25, 0.3) is 11.8 Å². The topological polar surface area (TPSA) is 328 Å². The van der Waals surface area contributed by atoms with Crippen LogP contribution in [0.5, 0.6) is 0 Å². The van der Waals surface area contributed by atoms with Crippen molar-refractivity contribution in [2.24, 2.45) is 53.1 Å². The molecule has 1 saturated heterocycles. The number of nitrogens with zero attached hydrogens (tertiary/aromatic N) is 4. The van der Waals surface area contributed by atoms with Crippen molar-refractivity contribution in [2.75, 3.05) is 53.3 Å². The Hall–Kier alpha value is -7.86. The molecule has 0 aliphatic carbocycles. The summed E-state index contributed by atoms with van der Waals surface area (Å²) in [6.45, 7) is 19.0. The smallest absolute Gasteiger partial charge is 0.410 e. The van der Waals surface area contributed by atoms with E-state index in [9.17, 15) is 62.6 Å². The van der Waals surface area contributed by atoms with Gasteiger partial charge in [-0.3, -0.25) is 52.8 Å². The van der Waals surface area contributed by atoms with Crippen LogP contribution in [0.15, 0.2) is 66.7 Å². The fourth-order valence-electron chi connectivity index (χ4n) is 13.4. The molecule has 0 saturated carbocycles. The summed E-state index contributed by atoms with van der Waals surface area (Å²) in [6, 6.07) is 11.7. The number of hydrogen-bond acceptors (Lipinski definition) is 15. The van der Waals surface area contributed by atoms with Gasteiger partial charge >= 0.3 is 18.1 Å². The van der Waals surface area contributed by atoms with Gasteiger partial charge in [0.2, 0.25) is 23.6 Å². The molecular formula is C72H108N8O16. The fourth-order valence-corrected chi connectivity index (χ4v) is 13.4. The second kappa shape index (κ2) is 39.4. The zero-order valence-electron chi connectivity index (χ0n) is 59.0. The molecule has 2 heterocycles. The molecule has 6 N–H and O–H groups in total. The molecule has 0 radical (unpaired) electrons. The van der Waals surface area contributed by atoms with E-state index in [0.717, 1.165) is 4.90 Å². The number of carbonyl (C=O) groups is 12. The van der Waals surface area contributed by atoms with E-state index in [2.05, 4.69) is 16.0 Å². The van der Waals surface area contributed by atoms with Gasteiger partial charge in [0.05, 0.1) is 48.7 Å². The first-order chi connectivity index (χ1) is 45.4. The van der Waals surface area contributed by atoms with Crippen LogP contribution in [0.1, 0.15) is 170 Å². The summed E-state index contributed by atoms with van der Waals surface area (Å²) >= 11 is 0. The summed E-state index contributed by atoms with van der Waals surface area (Å²) in [5.74, 6) is -8.93. The number of nitrogens with one attached hydrogen (secondary N) is 3. The van der Waals surface area contributed by atoms with Crippen LogP contribution in [0.25, 0.3) is 0 Å². The predicted octanol–water partition coefficient (Wildman–Crippen LogP) is 8.48. The van der Waals surface area contributed by atoms with Gasteiger partial charge in [-0.2, -0.15) is 0 Å². The maximum atomic E-state index is 14.9. The van der Waals surface area contributed by atoms with E-state index >= 15 is 0 Å². The Morgan fingerprint density at radius 3 is 1.93 bits per heavy atom. The second-order valence-electron chi connectivity index (χ2n) is 27.1. The molecule has 0 spiro atoms. The van der Waals surface area contributed by atoms with Crippen molar-refractivity contribution in [1.82, 2.24) is 30.2 Å². The van der Waals surface area contributed by atoms with E-state index in [0.29, 0.717) is 68.3 Å². The van der Waals surface area contributed by atoms with Gasteiger partial charge in [0.15, 0.2) is 11.6 Å². The molecule has 2 aliphatic heterocycles. The van der Waals surface area contributed by atoms with Gasteiger partial charge in [0.1, 0.15) is 12.4 Å². The predicted molar refractivity (Wildman–Crippen MR) is 362 cm³/mol. The third kappa shape index (κ3) is 23.5. The Balaban J connectivity index is 1.38. The average Bonchev–Trinajstić information content (AvgIpc) is 1.58. The van der Waals surface area contributed by atoms with Crippen LogP contribution >= 0.6 is 0 Å². The molecule has 24 nitrogen and oxygen atoms in total. The van der Waals surface area contributed by atoms with Crippen LogP contribution in [0.3, 0.4) is 0 Å². The number of anilines is 1. The average molecular weight is 1340 g/mol. The molecule has 2 aromatic rings. The molecule has 532 valence electrons. The van der Waals surface area contributed by atoms with Crippen LogP contribution in [0.4, 0.5) is 15.3 Å². The Kier molecular flexibility index (Phi) is 33.1. The van der Waals surface area contributed by atoms with E-state index < -0.39 is 95.9 Å². The van der Waals surface area contributed by atoms with Gasteiger partial charge in [-0.15, -0.1) is 0 Å². The molecule has 0 aromatic heterocycles. The first-order valence-electron chi connectivity index (χ1n) is 34.0. The first-order valence-corrected chi connectivity index (χ1v) is 34.0. The number of ketones is 3. The number of carbonyl (C=O) groups excluding carboxylic acids is 11. The molecular weight excluding hydrogens is 1230 g/mol. The maximum Gasteiger partial charge on any atom is 0.410 e. The third-order valence-corrected chi connectivity index (χ3v) is 19.0. The number of carboxylic acid groups (broad SMARTS) is 1. The van der Waals surface area contributed by atoms with Gasteiger partial charge in [-0.1, -0.05) is 125 Å². The zero-order chi connectivity index (χ0) is 71.7. The minimum Gasteiger partial charge on any atom is -0.481 e. The number of imide groups is 1. The van der Waals surface area contributed by atoms with E-state index in [1.165, 1.54) is 38.3 Å². The number of ether oxygens (including phenoxy) is 3. The van der Waals surface area contributed by atoms with Crippen LogP contribution in [-0.2, 0) is 68.8 Å². The maximum absolute atomic E-state index is 14.9. The largest absolute Gasteiger partial charge is 0.481 e. The number of carboxylic acids is 1. The summed E-state index contributed by atoms with van der Waals surface area (Å²) in [4.78, 5) is 166. The van der Waals surface area contributed by atoms with E-state index in [1.54, 1.807) is 113 Å². The first kappa shape index (κ1) is 80.6. The summed E-state index contributed by atoms with van der Waals surface area (Å²) in [5.41, 5.74) is 6.80. The Morgan fingerprint density at radius 1 is 0.719 bits per heavy atom. The van der Waals surface area contributed by atoms with Crippen LogP contribution in [0, 0.1) is 47.3 Å². The SMILES string of the molecule is CC[C@H](C)[C@@H]([C@@H](CC(=O)N1CCC[C@H]1[C@H](OC)[C@@H](C)C(=O)C[C@H](C)[C@@H](C(=O)O)c1ccccc1)OC)N(C)C(=O)[C@@H](CC(=O)[C@H](C(C)C)N(C)C(=O)OCc1ccc(NC(=O)[C@H](CCCNC(N)=O)CC(=O)[C@@H](NC(=O)CCCCCN2C(=O)C=CC2=O)C(C)C)cc1)C(C)C. The number of likely N-dealkylation sites (tertiary alicyclic amines) is 1. The Bertz CT molecular complexity index is 2970. The Labute approximate surface area is 567 Å². The third-order valence-electron chi connectivity index (χ3n) is 19.0. The van der Waals surface area contributed by atoms with E-state index in [-0.39, 0.29) is 123 Å². The van der Waals surface area contributed by atoms with Crippen molar-refractivity contribution < 1.29 is 76.9 Å². The molecule has 9 amide bonds. The number of primary amides is 1. The number of aliphatic carboxylic acids is 1. The highest BCUT2D eigenvalue weighted by Gasteiger charge is 2.44. The quantitative estimate of drug-likeness (QED) is 0.0307. The summed E-state index contributed by atoms with van der Waals surface area (Å²) in [6.07, 6.45) is 3.77. The molecule has 96 heavy (non-hydrogen) atoms. The molecule has 0 unspecified atom stereocenters. The second-order valence-corrected chi connectivity index (χ2v) is 27.1. The fraction of sp³-hybridized carbons (Fsp3) is 0.639. The standard InChI is InChI=1S/C72H108N8O16/c1-15-46(8)66(58(94-13)41-62(87)79-37-23-27-54(79)67(95-14)48(10)55(81)38-47(9)63(70(90)91)50-24-18-16-19-25-50)77(11)69(89)53(43(2)3)40-57(83)65(45(6)7)78(12)72(93)96-42-49-29-31-52(32-30-49)75-68(88)51(26-22-35-74-71(73)92)39-56(82)64(44(4)5)76-59(84)28-20-17-21-36-80-60(85)33-34-61(80)86/h16,18-19,24-25,29-34,43-48,51,53-54,58,63-67H,15,17,20-23,26-28,35-42H2,1-14H3,(H,75,88)(H,76,84)(H,90,91)(H3,73,74,92)/t46-,47-,48-,51+,53-,54-,58+,63+,64-,65-,66-,67+/m0/s1. The van der Waals surface area contributed by atoms with Gasteiger partial charge < -0.3 is 55.7 Å². The highest BCUT2D eigenvalue weighted by atomic mass is 16.6. The van der Waals surface area contributed by atoms with Gasteiger partial charge in [-0.25, -0.2) is 9.59 Å². The summed E-state index contributed by atoms with van der Waals surface area (Å²) in [7, 11) is 6.16. The van der Waals surface area contributed by atoms with Crippen molar-refractivity contribution in [3.63, 3.8) is 0 Å². The van der Waals surface area contributed by atoms with Crippen molar-refractivity contribution in [3.05, 3.63) is 77.9 Å². The highest BCUT2D eigenvalue weighted by Crippen LogP contribution is 2.34. The number of likely N-dealkylation sites (N-methyl/N-ethyl adjacent to an activating group) is 2. The monoisotopic (exact) mass is 1340 g/mol.